The van der Waals surface area contributed by atoms with Gasteiger partial charge in [-0.25, -0.2) is 18.4 Å². The van der Waals surface area contributed by atoms with Crippen LogP contribution >= 0.6 is 0 Å². The van der Waals surface area contributed by atoms with Crippen molar-refractivity contribution in [2.24, 2.45) is 0 Å². The first-order valence-electron chi connectivity index (χ1n) is 21.4. The minimum absolute atomic E-state index is 0.182. The second-order valence-electron chi connectivity index (χ2n) is 15.9. The van der Waals surface area contributed by atoms with Gasteiger partial charge in [0.05, 0.1) is 21.2 Å². The van der Waals surface area contributed by atoms with Crippen LogP contribution in [0, 0.1) is 0 Å². The molecule has 1 aliphatic heterocycles. The molecule has 7 aromatic carbocycles. The van der Waals surface area contributed by atoms with Crippen LogP contribution in [0.1, 0.15) is 12.6 Å². The summed E-state index contributed by atoms with van der Waals surface area (Å²) in [5.74, 6) is 0.539. The van der Waals surface area contributed by atoms with E-state index in [1.165, 1.54) is 0 Å². The Bertz CT molecular complexity index is 3700. The Morgan fingerprint density at radius 1 is 0.538 bits per heavy atom. The standard InChI is InChI=1S/C58H39N3O3S/c1-3-14-38(15-4-2)52-35-53(61-58(60-52)39-27-25-37(26-28-39)41-16-13-31-59-36-41)40-29-30-46-44-19-6-5-17-42(44)43-18-7-8-20-45(43)48-22-10-12-24-56(48)65(62,63)57-34-50-47-21-9-11-23-54(47)64-55(50)33-51(57)49(46)32-40/h3-36H,1H2,2H3/b15-4-,38-14+. The first-order chi connectivity index (χ1) is 31.9. The van der Waals surface area contributed by atoms with Crippen LogP contribution in [0.15, 0.2) is 227 Å². The number of fused-ring (bicyclic) bond motifs is 12. The molecule has 0 fully saturated rings. The molecule has 0 saturated carbocycles. The zero-order valence-corrected chi connectivity index (χ0v) is 36.1. The average molecular weight is 858 g/mol. The molecule has 0 unspecified atom stereocenters. The predicted octanol–water partition coefficient (Wildman–Crippen LogP) is 14.7. The lowest BCUT2D eigenvalue weighted by molar-refractivity contribution is 0.596. The molecule has 1 aliphatic rings. The lowest BCUT2D eigenvalue weighted by Crippen LogP contribution is -2.06. The number of allylic oxidation sites excluding steroid dienone is 5. The third-order valence-electron chi connectivity index (χ3n) is 12.1. The van der Waals surface area contributed by atoms with Crippen LogP contribution in [-0.2, 0) is 9.84 Å². The van der Waals surface area contributed by atoms with Gasteiger partial charge in [0.15, 0.2) is 5.82 Å². The van der Waals surface area contributed by atoms with Crippen LogP contribution in [0.25, 0.3) is 106 Å². The fraction of sp³-hybridized carbons (Fsp3) is 0.0172. The molecule has 0 saturated heterocycles. The first kappa shape index (κ1) is 39.6. The number of rotatable bonds is 6. The zero-order chi connectivity index (χ0) is 44.1. The van der Waals surface area contributed by atoms with Crippen LogP contribution in [0.4, 0.5) is 0 Å². The SMILES string of the molecule is C=C/C=C(\C=C/C)c1cc(-c2ccc3c(c2)-c2cc4oc5ccccc5c4cc2S(=O)(=O)c2ccccc2-c2ccccc2-c2ccccc2-3)nc(-c2ccc(-c3cccnc3)cc2)n1. The fourth-order valence-corrected chi connectivity index (χ4v) is 10.7. The maximum atomic E-state index is 15.7. The molecule has 6 nitrogen and oxygen atoms in total. The van der Waals surface area contributed by atoms with Gasteiger partial charge in [0, 0.05) is 45.4 Å². The van der Waals surface area contributed by atoms with Crippen LogP contribution < -0.4 is 0 Å². The summed E-state index contributed by atoms with van der Waals surface area (Å²) in [4.78, 5) is 15.1. The van der Waals surface area contributed by atoms with Crippen LogP contribution in [0.5, 0.6) is 0 Å². The van der Waals surface area contributed by atoms with E-state index in [9.17, 15) is 0 Å². The summed E-state index contributed by atoms with van der Waals surface area (Å²) >= 11 is 0. The number of sulfone groups is 1. The maximum absolute atomic E-state index is 15.7. The quantitative estimate of drug-likeness (QED) is 0.155. The van der Waals surface area contributed by atoms with Crippen LogP contribution in [-0.4, -0.2) is 23.4 Å². The molecule has 0 N–H and O–H groups in total. The number of hydrogen-bond acceptors (Lipinski definition) is 6. The van der Waals surface area contributed by atoms with Gasteiger partial charge >= 0.3 is 0 Å². The Balaban J connectivity index is 1.22. The van der Waals surface area contributed by atoms with E-state index in [-0.39, 0.29) is 9.79 Å². The smallest absolute Gasteiger partial charge is 0.207 e. The molecule has 65 heavy (non-hydrogen) atoms. The van der Waals surface area contributed by atoms with E-state index >= 15 is 8.42 Å². The van der Waals surface area contributed by atoms with Crippen molar-refractivity contribution in [3.8, 4) is 78.3 Å². The summed E-state index contributed by atoms with van der Waals surface area (Å²) in [6.45, 7) is 5.96. The highest BCUT2D eigenvalue weighted by molar-refractivity contribution is 7.91. The van der Waals surface area contributed by atoms with Gasteiger partial charge in [0.25, 0.3) is 0 Å². The van der Waals surface area contributed by atoms with E-state index in [2.05, 4.69) is 60.1 Å². The second-order valence-corrected chi connectivity index (χ2v) is 17.8. The zero-order valence-electron chi connectivity index (χ0n) is 35.3. The van der Waals surface area contributed by atoms with Crippen molar-refractivity contribution in [2.75, 3.05) is 0 Å². The van der Waals surface area contributed by atoms with Gasteiger partial charge in [-0.15, -0.1) is 0 Å². The molecule has 10 aromatic rings. The molecule has 310 valence electrons. The number of pyridine rings is 1. The van der Waals surface area contributed by atoms with Gasteiger partial charge in [-0.05, 0) is 99.5 Å². The largest absolute Gasteiger partial charge is 0.456 e. The molecule has 3 aromatic heterocycles. The lowest BCUT2D eigenvalue weighted by Gasteiger charge is -2.18. The Morgan fingerprint density at radius 3 is 1.89 bits per heavy atom. The monoisotopic (exact) mass is 857 g/mol. The number of aromatic nitrogens is 3. The van der Waals surface area contributed by atoms with E-state index in [1.807, 2.05) is 134 Å². The Hall–Kier alpha value is -8.26. The molecule has 7 heteroatoms. The van der Waals surface area contributed by atoms with Gasteiger partial charge in [0.1, 0.15) is 11.2 Å². The van der Waals surface area contributed by atoms with E-state index in [0.717, 1.165) is 66.4 Å². The lowest BCUT2D eigenvalue weighted by atomic mass is 9.85. The Morgan fingerprint density at radius 2 is 1.18 bits per heavy atom. The highest BCUT2D eigenvalue weighted by Gasteiger charge is 2.31. The van der Waals surface area contributed by atoms with Gasteiger partial charge in [-0.2, -0.15) is 0 Å². The molecule has 11 rings (SSSR count). The summed E-state index contributed by atoms with van der Waals surface area (Å²) in [6, 6.07) is 55.4. The highest BCUT2D eigenvalue weighted by Crippen LogP contribution is 2.49. The van der Waals surface area contributed by atoms with Gasteiger partial charge < -0.3 is 4.42 Å². The number of nitrogens with zero attached hydrogens (tertiary/aromatic N) is 3. The maximum Gasteiger partial charge on any atom is 0.207 e. The van der Waals surface area contributed by atoms with Crippen LogP contribution in [0.3, 0.4) is 0 Å². The van der Waals surface area contributed by atoms with Gasteiger partial charge in [0.2, 0.25) is 9.84 Å². The van der Waals surface area contributed by atoms with Gasteiger partial charge in [-0.3, -0.25) is 4.98 Å². The van der Waals surface area contributed by atoms with E-state index < -0.39 is 9.84 Å². The minimum Gasteiger partial charge on any atom is -0.456 e. The molecule has 0 amide bonds. The summed E-state index contributed by atoms with van der Waals surface area (Å²) in [5, 5.41) is 1.56. The topological polar surface area (TPSA) is 86.0 Å². The summed E-state index contributed by atoms with van der Waals surface area (Å²) in [5.41, 5.74) is 13.6. The van der Waals surface area contributed by atoms with Crippen molar-refractivity contribution in [1.29, 1.82) is 0 Å². The van der Waals surface area contributed by atoms with E-state index in [0.29, 0.717) is 45.1 Å². The summed E-state index contributed by atoms with van der Waals surface area (Å²) in [6.07, 6.45) is 11.3. The van der Waals surface area contributed by atoms with E-state index in [1.54, 1.807) is 30.5 Å². The van der Waals surface area contributed by atoms with E-state index in [4.69, 9.17) is 14.4 Å². The van der Waals surface area contributed by atoms with Crippen LogP contribution in [0.2, 0.25) is 0 Å². The number of hydrogen-bond donors (Lipinski definition) is 0. The molecule has 0 aliphatic carbocycles. The molecular formula is C58H39N3O3S. The Kier molecular flexibility index (Phi) is 9.82. The molecule has 0 atom stereocenters. The van der Waals surface area contributed by atoms with Gasteiger partial charge in [-0.1, -0.05) is 158 Å². The van der Waals surface area contributed by atoms with Crippen molar-refractivity contribution in [2.45, 2.75) is 16.7 Å². The molecular weight excluding hydrogens is 819 g/mol. The Labute approximate surface area is 377 Å². The predicted molar refractivity (Wildman–Crippen MR) is 264 cm³/mol. The number of para-hydroxylation sites is 1. The van der Waals surface area contributed by atoms with Crippen molar-refractivity contribution in [3.05, 3.63) is 219 Å². The van der Waals surface area contributed by atoms with Crippen molar-refractivity contribution in [3.63, 3.8) is 0 Å². The second kappa shape index (κ2) is 16.1. The average Bonchev–Trinajstić information content (AvgIpc) is 3.73. The number of furan rings is 1. The highest BCUT2D eigenvalue weighted by atomic mass is 32.2. The molecule has 0 spiro atoms. The molecule has 0 bridgehead atoms. The molecule has 0 radical (unpaired) electrons. The first-order valence-corrected chi connectivity index (χ1v) is 22.9. The minimum atomic E-state index is -4.20. The summed E-state index contributed by atoms with van der Waals surface area (Å²) < 4.78 is 37.9. The third kappa shape index (κ3) is 6.90. The number of benzene rings is 7. The fourth-order valence-electron chi connectivity index (χ4n) is 9.04. The third-order valence-corrected chi connectivity index (χ3v) is 13.9. The summed E-state index contributed by atoms with van der Waals surface area (Å²) in [7, 11) is -4.20. The molecule has 4 heterocycles. The normalized spacial score (nSPS) is 13.0. The van der Waals surface area contributed by atoms with Crippen molar-refractivity contribution in [1.82, 2.24) is 15.0 Å². The van der Waals surface area contributed by atoms with Crippen molar-refractivity contribution < 1.29 is 12.8 Å². The van der Waals surface area contributed by atoms with Crippen molar-refractivity contribution >= 4 is 37.3 Å².